The Labute approximate surface area is 131 Å². The van der Waals surface area contributed by atoms with Crippen LogP contribution in [0.3, 0.4) is 0 Å². The van der Waals surface area contributed by atoms with Crippen LogP contribution in [0.1, 0.15) is 17.1 Å². The molecule has 2 aromatic rings. The number of carbonyl (C=O) groups excluding carboxylic acids is 1. The summed E-state index contributed by atoms with van der Waals surface area (Å²) in [6.07, 6.45) is 0. The lowest BCUT2D eigenvalue weighted by molar-refractivity contribution is -0.114. The van der Waals surface area contributed by atoms with Gasteiger partial charge in [-0.05, 0) is 36.4 Å². The van der Waals surface area contributed by atoms with Crippen LogP contribution in [0.25, 0.3) is 0 Å². The summed E-state index contributed by atoms with van der Waals surface area (Å²) in [6.45, 7) is 2.04. The molecular formula is C14H15ClN2OS2. The summed E-state index contributed by atoms with van der Waals surface area (Å²) in [6, 6.07) is 11.6. The highest BCUT2D eigenvalue weighted by molar-refractivity contribution is 7.99. The molecule has 106 valence electrons. The molecule has 3 N–H and O–H groups in total. The lowest BCUT2D eigenvalue weighted by atomic mass is 10.3. The molecule has 20 heavy (non-hydrogen) atoms. The number of nitrogens with one attached hydrogen (secondary N) is 1. The predicted octanol–water partition coefficient (Wildman–Crippen LogP) is 4.15. The maximum atomic E-state index is 11.0. The van der Waals surface area contributed by atoms with Crippen molar-refractivity contribution in [3.8, 4) is 0 Å². The lowest BCUT2D eigenvalue weighted by Gasteiger charge is -2.13. The van der Waals surface area contributed by atoms with E-state index >= 15 is 0 Å². The third kappa shape index (κ3) is 4.24. The van der Waals surface area contributed by atoms with Crippen molar-refractivity contribution in [3.63, 3.8) is 0 Å². The van der Waals surface area contributed by atoms with E-state index in [0.29, 0.717) is 6.54 Å². The Balaban J connectivity index is 2.06. The van der Waals surface area contributed by atoms with Crippen molar-refractivity contribution in [1.82, 2.24) is 0 Å². The largest absolute Gasteiger partial charge is 0.329 e. The van der Waals surface area contributed by atoms with Crippen LogP contribution in [0.15, 0.2) is 41.3 Å². The van der Waals surface area contributed by atoms with Crippen LogP contribution in [0.2, 0.25) is 4.34 Å². The van der Waals surface area contributed by atoms with E-state index in [0.717, 1.165) is 14.9 Å². The maximum Gasteiger partial charge on any atom is 0.221 e. The molecule has 1 aromatic carbocycles. The highest BCUT2D eigenvalue weighted by atomic mass is 35.5. The second-order valence-electron chi connectivity index (χ2n) is 4.19. The number of halogens is 1. The quantitative estimate of drug-likeness (QED) is 0.811. The van der Waals surface area contributed by atoms with Crippen molar-refractivity contribution in [2.75, 3.05) is 11.9 Å². The van der Waals surface area contributed by atoms with Gasteiger partial charge in [-0.3, -0.25) is 4.79 Å². The van der Waals surface area contributed by atoms with Crippen LogP contribution >= 0.6 is 34.7 Å². The van der Waals surface area contributed by atoms with Gasteiger partial charge in [-0.15, -0.1) is 23.1 Å². The van der Waals surface area contributed by atoms with E-state index in [-0.39, 0.29) is 11.2 Å². The van der Waals surface area contributed by atoms with E-state index in [1.165, 1.54) is 11.8 Å². The van der Waals surface area contributed by atoms with E-state index in [1.54, 1.807) is 23.1 Å². The van der Waals surface area contributed by atoms with Gasteiger partial charge in [0.15, 0.2) is 0 Å². The monoisotopic (exact) mass is 326 g/mol. The minimum Gasteiger partial charge on any atom is -0.329 e. The summed E-state index contributed by atoms with van der Waals surface area (Å²) in [5, 5.41) is 2.94. The summed E-state index contributed by atoms with van der Waals surface area (Å²) in [5.74, 6) is -0.0709. The Hall–Kier alpha value is -1.01. The number of benzene rings is 1. The fourth-order valence-corrected chi connectivity index (χ4v) is 3.96. The molecule has 0 fully saturated rings. The van der Waals surface area contributed by atoms with Crippen molar-refractivity contribution in [3.05, 3.63) is 45.6 Å². The van der Waals surface area contributed by atoms with Gasteiger partial charge in [0.2, 0.25) is 5.91 Å². The molecule has 0 aliphatic carbocycles. The van der Waals surface area contributed by atoms with Gasteiger partial charge in [-0.1, -0.05) is 11.6 Å². The Morgan fingerprint density at radius 1 is 1.35 bits per heavy atom. The maximum absolute atomic E-state index is 11.0. The Kier molecular flexibility index (Phi) is 5.48. The number of thioether (sulfide) groups is 1. The van der Waals surface area contributed by atoms with Gasteiger partial charge in [-0.2, -0.15) is 0 Å². The minimum absolute atomic E-state index is 0.0709. The van der Waals surface area contributed by atoms with E-state index in [1.807, 2.05) is 36.4 Å². The zero-order chi connectivity index (χ0) is 14.5. The van der Waals surface area contributed by atoms with Gasteiger partial charge in [0.25, 0.3) is 0 Å². The number of thiophene rings is 1. The Morgan fingerprint density at radius 2 is 2.05 bits per heavy atom. The fraction of sp³-hybridized carbons (Fsp3) is 0.214. The normalized spacial score (nSPS) is 12.2. The highest BCUT2D eigenvalue weighted by Gasteiger charge is 2.13. The average molecular weight is 327 g/mol. The molecule has 0 radical (unpaired) electrons. The molecule has 3 nitrogen and oxygen atoms in total. The molecule has 6 heteroatoms. The summed E-state index contributed by atoms with van der Waals surface area (Å²) in [4.78, 5) is 13.3. The Morgan fingerprint density at radius 3 is 2.55 bits per heavy atom. The van der Waals surface area contributed by atoms with Crippen molar-refractivity contribution in [1.29, 1.82) is 0 Å². The van der Waals surface area contributed by atoms with Crippen LogP contribution in [0.5, 0.6) is 0 Å². The smallest absolute Gasteiger partial charge is 0.221 e. The molecule has 1 unspecified atom stereocenters. The van der Waals surface area contributed by atoms with Gasteiger partial charge in [0.05, 0.1) is 9.59 Å². The molecule has 0 saturated carbocycles. The molecule has 1 amide bonds. The van der Waals surface area contributed by atoms with Crippen molar-refractivity contribution < 1.29 is 4.79 Å². The zero-order valence-corrected chi connectivity index (χ0v) is 13.3. The van der Waals surface area contributed by atoms with E-state index in [2.05, 4.69) is 5.32 Å². The predicted molar refractivity (Wildman–Crippen MR) is 87.7 cm³/mol. The molecule has 1 aromatic heterocycles. The number of nitrogens with two attached hydrogens (primary N) is 1. The van der Waals surface area contributed by atoms with Crippen LogP contribution in [-0.2, 0) is 4.79 Å². The van der Waals surface area contributed by atoms with Crippen LogP contribution in [0, 0.1) is 0 Å². The third-order valence-electron chi connectivity index (χ3n) is 2.58. The van der Waals surface area contributed by atoms with E-state index < -0.39 is 0 Å². The average Bonchev–Trinajstić information content (AvgIpc) is 2.84. The fourth-order valence-electron chi connectivity index (χ4n) is 1.71. The number of hydrogen-bond acceptors (Lipinski definition) is 4. The van der Waals surface area contributed by atoms with Crippen molar-refractivity contribution >= 4 is 46.3 Å². The second kappa shape index (κ2) is 7.13. The molecule has 0 aliphatic heterocycles. The number of amides is 1. The number of carbonyl (C=O) groups is 1. The van der Waals surface area contributed by atoms with Crippen LogP contribution < -0.4 is 11.1 Å². The summed E-state index contributed by atoms with van der Waals surface area (Å²) >= 11 is 9.22. The highest BCUT2D eigenvalue weighted by Crippen LogP contribution is 2.39. The van der Waals surface area contributed by atoms with Crippen molar-refractivity contribution in [2.45, 2.75) is 17.1 Å². The molecule has 1 heterocycles. The first kappa shape index (κ1) is 15.4. The lowest BCUT2D eigenvalue weighted by Crippen LogP contribution is -2.08. The second-order valence-corrected chi connectivity index (χ2v) is 7.21. The molecule has 1 atom stereocenters. The minimum atomic E-state index is -0.0709. The standard InChI is InChI=1S/C14H15ClN2OS2/c1-9(18)17-10-2-4-11(5-3-10)19-13(8-16)12-6-7-14(15)20-12/h2-7,13H,8,16H2,1H3,(H,17,18). The van der Waals surface area contributed by atoms with Gasteiger partial charge in [0, 0.05) is 28.9 Å². The number of rotatable bonds is 5. The molecule has 2 rings (SSSR count). The van der Waals surface area contributed by atoms with Gasteiger partial charge in [0.1, 0.15) is 0 Å². The molecule has 0 bridgehead atoms. The zero-order valence-electron chi connectivity index (χ0n) is 10.9. The van der Waals surface area contributed by atoms with E-state index in [9.17, 15) is 4.79 Å². The summed E-state index contributed by atoms with van der Waals surface area (Å²) < 4.78 is 0.778. The van der Waals surface area contributed by atoms with Gasteiger partial charge in [-0.25, -0.2) is 0 Å². The topological polar surface area (TPSA) is 55.1 Å². The van der Waals surface area contributed by atoms with Gasteiger partial charge >= 0.3 is 0 Å². The first-order valence-corrected chi connectivity index (χ1v) is 8.15. The molecule has 0 aliphatic rings. The first-order chi connectivity index (χ1) is 9.58. The number of anilines is 1. The van der Waals surface area contributed by atoms with Gasteiger partial charge < -0.3 is 11.1 Å². The Bertz CT molecular complexity index is 583. The van der Waals surface area contributed by atoms with Crippen molar-refractivity contribution in [2.24, 2.45) is 5.73 Å². The van der Waals surface area contributed by atoms with Crippen LogP contribution in [0.4, 0.5) is 5.69 Å². The number of hydrogen-bond donors (Lipinski definition) is 2. The molecule has 0 saturated heterocycles. The first-order valence-electron chi connectivity index (χ1n) is 6.08. The van der Waals surface area contributed by atoms with Crippen LogP contribution in [-0.4, -0.2) is 12.5 Å². The summed E-state index contributed by atoms with van der Waals surface area (Å²) in [5.41, 5.74) is 6.64. The molecule has 0 spiro atoms. The summed E-state index contributed by atoms with van der Waals surface area (Å²) in [7, 11) is 0. The molecular weight excluding hydrogens is 312 g/mol. The SMILES string of the molecule is CC(=O)Nc1ccc(SC(CN)c2ccc(Cl)s2)cc1. The van der Waals surface area contributed by atoms with E-state index in [4.69, 9.17) is 17.3 Å². The third-order valence-corrected chi connectivity index (χ3v) is 5.35.